The van der Waals surface area contributed by atoms with Gasteiger partial charge in [0.25, 0.3) is 11.8 Å². The number of hydrogen-bond acceptors (Lipinski definition) is 3. The van der Waals surface area contributed by atoms with Crippen molar-refractivity contribution in [2.75, 3.05) is 12.4 Å². The molecule has 0 saturated heterocycles. The lowest BCUT2D eigenvalue weighted by Gasteiger charge is -2.20. The van der Waals surface area contributed by atoms with Crippen molar-refractivity contribution in [3.63, 3.8) is 0 Å². The molecule has 5 nitrogen and oxygen atoms in total. The van der Waals surface area contributed by atoms with Gasteiger partial charge in [-0.2, -0.15) is 0 Å². The van der Waals surface area contributed by atoms with E-state index in [0.29, 0.717) is 23.4 Å². The Balaban J connectivity index is 1.68. The van der Waals surface area contributed by atoms with E-state index < -0.39 is 0 Å². The van der Waals surface area contributed by atoms with Crippen molar-refractivity contribution in [2.45, 2.75) is 6.54 Å². The molecule has 0 heterocycles. The highest BCUT2D eigenvalue weighted by atomic mass is 79.9. The third kappa shape index (κ3) is 5.75. The topological polar surface area (TPSA) is 61.4 Å². The second kappa shape index (κ2) is 10.1. The van der Waals surface area contributed by atoms with E-state index in [2.05, 4.69) is 26.6 Å². The maximum absolute atomic E-state index is 13.0. The highest BCUT2D eigenvalue weighted by molar-refractivity contribution is 9.10. The SMILES string of the molecule is CN(Cc1ccccc1)C(=O)c1ccccc1NC(=S)NC(=O)c1ccc(Br)cc1. The number of rotatable bonds is 5. The molecule has 0 radical (unpaired) electrons. The van der Waals surface area contributed by atoms with E-state index in [4.69, 9.17) is 12.2 Å². The van der Waals surface area contributed by atoms with Crippen LogP contribution in [0.15, 0.2) is 83.3 Å². The first-order valence-corrected chi connectivity index (χ1v) is 10.4. The van der Waals surface area contributed by atoms with Gasteiger partial charge in [0, 0.05) is 23.6 Å². The molecule has 0 aliphatic heterocycles. The van der Waals surface area contributed by atoms with E-state index in [1.807, 2.05) is 30.3 Å². The Kier molecular flexibility index (Phi) is 7.32. The largest absolute Gasteiger partial charge is 0.337 e. The summed E-state index contributed by atoms with van der Waals surface area (Å²) in [5.41, 5.74) is 2.52. The maximum Gasteiger partial charge on any atom is 0.257 e. The Morgan fingerprint density at radius 2 is 1.57 bits per heavy atom. The summed E-state index contributed by atoms with van der Waals surface area (Å²) < 4.78 is 0.881. The summed E-state index contributed by atoms with van der Waals surface area (Å²) in [5.74, 6) is -0.478. The van der Waals surface area contributed by atoms with Crippen LogP contribution in [-0.4, -0.2) is 28.9 Å². The number of amides is 2. The van der Waals surface area contributed by atoms with Gasteiger partial charge in [0.2, 0.25) is 0 Å². The number of anilines is 1. The zero-order valence-corrected chi connectivity index (χ0v) is 18.7. The number of nitrogens with one attached hydrogen (secondary N) is 2. The number of carbonyl (C=O) groups excluding carboxylic acids is 2. The summed E-state index contributed by atoms with van der Waals surface area (Å²) in [7, 11) is 1.75. The monoisotopic (exact) mass is 481 g/mol. The van der Waals surface area contributed by atoms with Gasteiger partial charge < -0.3 is 10.2 Å². The van der Waals surface area contributed by atoms with Crippen LogP contribution in [0.4, 0.5) is 5.69 Å². The minimum atomic E-state index is -0.329. The smallest absolute Gasteiger partial charge is 0.257 e. The van der Waals surface area contributed by atoms with Gasteiger partial charge in [0.05, 0.1) is 11.3 Å². The molecule has 2 N–H and O–H groups in total. The molecule has 0 atom stereocenters. The van der Waals surface area contributed by atoms with Crippen LogP contribution in [0.1, 0.15) is 26.3 Å². The van der Waals surface area contributed by atoms with E-state index in [0.717, 1.165) is 10.0 Å². The second-order valence-corrected chi connectivity index (χ2v) is 7.93. The lowest BCUT2D eigenvalue weighted by Crippen LogP contribution is -2.35. The molecule has 152 valence electrons. The Morgan fingerprint density at radius 1 is 0.933 bits per heavy atom. The molecule has 0 aliphatic rings. The first kappa shape index (κ1) is 21.7. The van der Waals surface area contributed by atoms with Crippen LogP contribution in [0.3, 0.4) is 0 Å². The Bertz CT molecular complexity index is 1060. The number of thiocarbonyl (C=S) groups is 1. The van der Waals surface area contributed by atoms with Gasteiger partial charge in [0.1, 0.15) is 0 Å². The number of nitrogens with zero attached hydrogens (tertiary/aromatic N) is 1. The van der Waals surface area contributed by atoms with E-state index in [1.165, 1.54) is 0 Å². The van der Waals surface area contributed by atoms with Crippen LogP contribution in [0.25, 0.3) is 0 Å². The molecule has 30 heavy (non-hydrogen) atoms. The molecule has 0 aromatic heterocycles. The molecular formula is C23H20BrN3O2S. The first-order valence-electron chi connectivity index (χ1n) is 9.20. The molecule has 0 spiro atoms. The highest BCUT2D eigenvalue weighted by Gasteiger charge is 2.17. The van der Waals surface area contributed by atoms with Gasteiger partial charge in [0.15, 0.2) is 5.11 Å². The summed E-state index contributed by atoms with van der Waals surface area (Å²) in [6, 6.07) is 23.8. The molecule has 3 aromatic carbocycles. The number of benzene rings is 3. The zero-order chi connectivity index (χ0) is 21.5. The molecule has 3 aromatic rings. The molecule has 0 aliphatic carbocycles. The lowest BCUT2D eigenvalue weighted by molar-refractivity contribution is 0.0786. The van der Waals surface area contributed by atoms with Gasteiger partial charge in [-0.05, 0) is 54.2 Å². The minimum Gasteiger partial charge on any atom is -0.337 e. The van der Waals surface area contributed by atoms with Crippen molar-refractivity contribution in [1.29, 1.82) is 0 Å². The van der Waals surface area contributed by atoms with Gasteiger partial charge >= 0.3 is 0 Å². The highest BCUT2D eigenvalue weighted by Crippen LogP contribution is 2.18. The number of hydrogen-bond donors (Lipinski definition) is 2. The van der Waals surface area contributed by atoms with Crippen LogP contribution in [-0.2, 0) is 6.54 Å². The average molecular weight is 482 g/mol. The quantitative estimate of drug-likeness (QED) is 0.511. The van der Waals surface area contributed by atoms with Crippen LogP contribution >= 0.6 is 28.1 Å². The number of halogens is 1. The predicted octanol–water partition coefficient (Wildman–Crippen LogP) is 4.85. The number of para-hydroxylation sites is 1. The van der Waals surface area contributed by atoms with E-state index in [1.54, 1.807) is 60.5 Å². The third-order valence-corrected chi connectivity index (χ3v) is 5.08. The molecule has 0 bridgehead atoms. The Morgan fingerprint density at radius 3 is 2.27 bits per heavy atom. The summed E-state index contributed by atoms with van der Waals surface area (Å²) in [5, 5.41) is 5.72. The molecule has 0 fully saturated rings. The van der Waals surface area contributed by atoms with Gasteiger partial charge in [-0.25, -0.2) is 0 Å². The normalized spacial score (nSPS) is 10.2. The van der Waals surface area contributed by atoms with Crippen LogP contribution in [0, 0.1) is 0 Å². The van der Waals surface area contributed by atoms with E-state index in [9.17, 15) is 9.59 Å². The van der Waals surface area contributed by atoms with Crippen molar-refractivity contribution in [2.24, 2.45) is 0 Å². The van der Waals surface area contributed by atoms with Crippen molar-refractivity contribution in [3.8, 4) is 0 Å². The van der Waals surface area contributed by atoms with Gasteiger partial charge in [-0.15, -0.1) is 0 Å². The Hall–Kier alpha value is -3.03. The molecular weight excluding hydrogens is 462 g/mol. The van der Waals surface area contributed by atoms with Crippen molar-refractivity contribution >= 4 is 50.8 Å². The van der Waals surface area contributed by atoms with Crippen LogP contribution < -0.4 is 10.6 Å². The van der Waals surface area contributed by atoms with Crippen LogP contribution in [0.5, 0.6) is 0 Å². The summed E-state index contributed by atoms with van der Waals surface area (Å²) in [6.07, 6.45) is 0. The van der Waals surface area contributed by atoms with Crippen LogP contribution in [0.2, 0.25) is 0 Å². The minimum absolute atomic E-state index is 0.119. The summed E-state index contributed by atoms with van der Waals surface area (Å²) in [4.78, 5) is 27.0. The fourth-order valence-corrected chi connectivity index (χ4v) is 3.31. The molecule has 3 rings (SSSR count). The first-order chi connectivity index (χ1) is 14.4. The maximum atomic E-state index is 13.0. The molecule has 7 heteroatoms. The third-order valence-electron chi connectivity index (χ3n) is 4.35. The van der Waals surface area contributed by atoms with E-state index in [-0.39, 0.29) is 16.9 Å². The Labute approximate surface area is 189 Å². The summed E-state index contributed by atoms with van der Waals surface area (Å²) >= 11 is 8.62. The molecule has 0 saturated carbocycles. The van der Waals surface area contributed by atoms with Gasteiger partial charge in [-0.1, -0.05) is 58.4 Å². The summed E-state index contributed by atoms with van der Waals surface area (Å²) in [6.45, 7) is 0.485. The van der Waals surface area contributed by atoms with E-state index >= 15 is 0 Å². The second-order valence-electron chi connectivity index (χ2n) is 6.61. The van der Waals surface area contributed by atoms with Crippen molar-refractivity contribution in [3.05, 3.63) is 100 Å². The average Bonchev–Trinajstić information content (AvgIpc) is 2.74. The van der Waals surface area contributed by atoms with Gasteiger partial charge in [-0.3, -0.25) is 14.9 Å². The standard InChI is InChI=1S/C23H20BrN3O2S/c1-27(15-16-7-3-2-4-8-16)22(29)19-9-5-6-10-20(19)25-23(30)26-21(28)17-11-13-18(24)14-12-17/h2-14H,15H2,1H3,(H2,25,26,28,30). The molecule has 2 amide bonds. The number of carbonyl (C=O) groups is 2. The fourth-order valence-electron chi connectivity index (χ4n) is 2.84. The van der Waals surface area contributed by atoms with Crippen molar-refractivity contribution in [1.82, 2.24) is 10.2 Å². The molecule has 0 unspecified atom stereocenters. The lowest BCUT2D eigenvalue weighted by atomic mass is 10.1. The zero-order valence-electron chi connectivity index (χ0n) is 16.3. The van der Waals surface area contributed by atoms with Crippen molar-refractivity contribution < 1.29 is 9.59 Å². The predicted molar refractivity (Wildman–Crippen MR) is 127 cm³/mol. The fraction of sp³-hybridized carbons (Fsp3) is 0.0870.